The summed E-state index contributed by atoms with van der Waals surface area (Å²) in [6, 6.07) is 7.91. The highest BCUT2D eigenvalue weighted by Gasteiger charge is 2.13. The molecular formula is C14H10ClN3O3S. The maximum absolute atomic E-state index is 11.8. The van der Waals surface area contributed by atoms with Gasteiger partial charge < -0.3 is 15.8 Å². The molecule has 0 spiro atoms. The van der Waals surface area contributed by atoms with Crippen molar-refractivity contribution < 1.29 is 14.3 Å². The molecule has 112 valence electrons. The molecule has 1 aromatic heterocycles. The van der Waals surface area contributed by atoms with Gasteiger partial charge in [-0.3, -0.25) is 9.59 Å². The van der Waals surface area contributed by atoms with Gasteiger partial charge in [-0.05, 0) is 29.6 Å². The number of nitrogens with one attached hydrogen (secondary N) is 1. The predicted molar refractivity (Wildman–Crippen MR) is 83.1 cm³/mol. The average molecular weight is 336 g/mol. The molecule has 0 bridgehead atoms. The zero-order valence-electron chi connectivity index (χ0n) is 11.1. The number of benzene rings is 1. The summed E-state index contributed by atoms with van der Waals surface area (Å²) in [6.45, 7) is -0.329. The molecule has 0 unspecified atom stereocenters. The summed E-state index contributed by atoms with van der Waals surface area (Å²) in [5.41, 5.74) is 5.69. The number of ether oxygens (including phenoxy) is 1. The number of thiophene rings is 1. The summed E-state index contributed by atoms with van der Waals surface area (Å²) < 4.78 is 5.29. The SMILES string of the molecule is N#Cc1ccsc1NC(=O)COc1ccc(Cl)cc1C(N)=O. The normalized spacial score (nSPS) is 9.82. The van der Waals surface area contributed by atoms with Gasteiger partial charge in [-0.2, -0.15) is 5.26 Å². The summed E-state index contributed by atoms with van der Waals surface area (Å²) in [6.07, 6.45) is 0. The van der Waals surface area contributed by atoms with Crippen LogP contribution in [0.3, 0.4) is 0 Å². The molecule has 22 heavy (non-hydrogen) atoms. The number of carbonyl (C=O) groups is 2. The Labute approximate surface area is 135 Å². The van der Waals surface area contributed by atoms with Gasteiger partial charge >= 0.3 is 0 Å². The summed E-state index contributed by atoms with van der Waals surface area (Å²) in [5.74, 6) is -0.994. The van der Waals surface area contributed by atoms with Crippen LogP contribution in [-0.2, 0) is 4.79 Å². The van der Waals surface area contributed by atoms with E-state index in [9.17, 15) is 9.59 Å². The standard InChI is InChI=1S/C14H10ClN3O3S/c15-9-1-2-11(10(5-9)13(17)20)21-7-12(19)18-14-8(6-16)3-4-22-14/h1-5H,7H2,(H2,17,20)(H,18,19). The molecule has 8 heteroatoms. The van der Waals surface area contributed by atoms with E-state index >= 15 is 0 Å². The molecule has 2 amide bonds. The van der Waals surface area contributed by atoms with E-state index < -0.39 is 11.8 Å². The van der Waals surface area contributed by atoms with Gasteiger partial charge in [0.15, 0.2) is 6.61 Å². The zero-order valence-corrected chi connectivity index (χ0v) is 12.7. The van der Waals surface area contributed by atoms with Gasteiger partial charge in [-0.1, -0.05) is 11.6 Å². The number of carbonyl (C=O) groups excluding carboxylic acids is 2. The lowest BCUT2D eigenvalue weighted by Crippen LogP contribution is -2.21. The van der Waals surface area contributed by atoms with E-state index in [2.05, 4.69) is 5.32 Å². The van der Waals surface area contributed by atoms with Gasteiger partial charge in [0.2, 0.25) is 0 Å². The second-order valence-corrected chi connectivity index (χ2v) is 5.47. The van der Waals surface area contributed by atoms with E-state index in [1.165, 1.54) is 29.5 Å². The van der Waals surface area contributed by atoms with Crippen molar-refractivity contribution in [1.29, 1.82) is 5.26 Å². The van der Waals surface area contributed by atoms with Crippen molar-refractivity contribution in [1.82, 2.24) is 0 Å². The summed E-state index contributed by atoms with van der Waals surface area (Å²) in [5, 5.41) is 13.9. The number of nitrogens with two attached hydrogens (primary N) is 1. The van der Waals surface area contributed by atoms with Crippen LogP contribution in [0.15, 0.2) is 29.6 Å². The lowest BCUT2D eigenvalue weighted by Gasteiger charge is -2.10. The van der Waals surface area contributed by atoms with Crippen molar-refractivity contribution in [3.63, 3.8) is 0 Å². The maximum Gasteiger partial charge on any atom is 0.262 e. The van der Waals surface area contributed by atoms with E-state index in [0.717, 1.165) is 0 Å². The summed E-state index contributed by atoms with van der Waals surface area (Å²) >= 11 is 7.01. The van der Waals surface area contributed by atoms with Gasteiger partial charge in [0.25, 0.3) is 11.8 Å². The second-order valence-electron chi connectivity index (χ2n) is 4.12. The number of nitriles is 1. The molecule has 3 N–H and O–H groups in total. The van der Waals surface area contributed by atoms with Crippen LogP contribution in [0.25, 0.3) is 0 Å². The predicted octanol–water partition coefficient (Wildman–Crippen LogP) is 2.39. The van der Waals surface area contributed by atoms with Crippen LogP contribution in [0, 0.1) is 11.3 Å². The first-order valence-electron chi connectivity index (χ1n) is 6.01. The van der Waals surface area contributed by atoms with Crippen LogP contribution in [0.5, 0.6) is 5.75 Å². The molecule has 0 fully saturated rings. The number of amides is 2. The Hall–Kier alpha value is -2.56. The Balaban J connectivity index is 2.03. The minimum atomic E-state index is -0.706. The van der Waals surface area contributed by atoms with Gasteiger partial charge in [0, 0.05) is 5.02 Å². The third-order valence-electron chi connectivity index (χ3n) is 2.60. The molecule has 0 radical (unpaired) electrons. The monoisotopic (exact) mass is 335 g/mol. The van der Waals surface area contributed by atoms with Crippen LogP contribution < -0.4 is 15.8 Å². The Morgan fingerprint density at radius 3 is 2.86 bits per heavy atom. The van der Waals surface area contributed by atoms with Crippen molar-refractivity contribution in [3.05, 3.63) is 45.8 Å². The molecule has 0 saturated carbocycles. The Bertz CT molecular complexity index is 767. The topological polar surface area (TPSA) is 105 Å². The third-order valence-corrected chi connectivity index (χ3v) is 3.67. The number of rotatable bonds is 5. The number of hydrogen-bond donors (Lipinski definition) is 2. The van der Waals surface area contributed by atoms with E-state index in [4.69, 9.17) is 27.3 Å². The van der Waals surface area contributed by atoms with Gasteiger partial charge in [0.1, 0.15) is 16.8 Å². The summed E-state index contributed by atoms with van der Waals surface area (Å²) in [4.78, 5) is 23.1. The van der Waals surface area contributed by atoms with Gasteiger partial charge in [-0.15, -0.1) is 11.3 Å². The highest BCUT2D eigenvalue weighted by atomic mass is 35.5. The lowest BCUT2D eigenvalue weighted by atomic mass is 10.2. The number of primary amides is 1. The van der Waals surface area contributed by atoms with Crippen molar-refractivity contribution in [3.8, 4) is 11.8 Å². The van der Waals surface area contributed by atoms with Crippen LogP contribution in [0.2, 0.25) is 5.02 Å². The fourth-order valence-electron chi connectivity index (χ4n) is 1.62. The number of halogens is 1. The third kappa shape index (κ3) is 3.75. The number of nitrogens with zero attached hydrogens (tertiary/aromatic N) is 1. The minimum absolute atomic E-state index is 0.0918. The highest BCUT2D eigenvalue weighted by molar-refractivity contribution is 7.14. The molecule has 0 saturated heterocycles. The van der Waals surface area contributed by atoms with Gasteiger partial charge in [-0.25, -0.2) is 0 Å². The summed E-state index contributed by atoms with van der Waals surface area (Å²) in [7, 11) is 0. The maximum atomic E-state index is 11.8. The fourth-order valence-corrected chi connectivity index (χ4v) is 2.55. The Kier molecular flexibility index (Phi) is 4.99. The van der Waals surface area contributed by atoms with E-state index in [-0.39, 0.29) is 17.9 Å². The van der Waals surface area contributed by atoms with E-state index in [0.29, 0.717) is 15.6 Å². The second kappa shape index (κ2) is 6.93. The molecule has 1 heterocycles. The molecule has 0 aliphatic heterocycles. The molecule has 0 atom stereocenters. The van der Waals surface area contributed by atoms with Crippen LogP contribution in [-0.4, -0.2) is 18.4 Å². The smallest absolute Gasteiger partial charge is 0.262 e. The van der Waals surface area contributed by atoms with Crippen molar-refractivity contribution in [2.24, 2.45) is 5.73 Å². The zero-order chi connectivity index (χ0) is 16.1. The Morgan fingerprint density at radius 2 is 2.18 bits per heavy atom. The fraction of sp³-hybridized carbons (Fsp3) is 0.0714. The van der Waals surface area contributed by atoms with Gasteiger partial charge in [0.05, 0.1) is 11.1 Å². The first-order chi connectivity index (χ1) is 10.5. The van der Waals surface area contributed by atoms with E-state index in [1.807, 2.05) is 6.07 Å². The molecule has 2 aromatic rings. The molecule has 2 rings (SSSR count). The average Bonchev–Trinajstić information content (AvgIpc) is 2.92. The molecular weight excluding hydrogens is 326 g/mol. The Morgan fingerprint density at radius 1 is 1.41 bits per heavy atom. The van der Waals surface area contributed by atoms with E-state index in [1.54, 1.807) is 11.4 Å². The molecule has 6 nitrogen and oxygen atoms in total. The largest absolute Gasteiger partial charge is 0.483 e. The molecule has 0 aliphatic rings. The first kappa shape index (κ1) is 15.8. The number of hydrogen-bond acceptors (Lipinski definition) is 5. The molecule has 1 aromatic carbocycles. The minimum Gasteiger partial charge on any atom is -0.483 e. The molecule has 0 aliphatic carbocycles. The van der Waals surface area contributed by atoms with Crippen LogP contribution >= 0.6 is 22.9 Å². The highest BCUT2D eigenvalue weighted by Crippen LogP contribution is 2.24. The van der Waals surface area contributed by atoms with Crippen LogP contribution in [0.1, 0.15) is 15.9 Å². The van der Waals surface area contributed by atoms with Crippen molar-refractivity contribution in [2.75, 3.05) is 11.9 Å². The van der Waals surface area contributed by atoms with Crippen molar-refractivity contribution >= 4 is 39.8 Å². The lowest BCUT2D eigenvalue weighted by molar-refractivity contribution is -0.118. The van der Waals surface area contributed by atoms with Crippen LogP contribution in [0.4, 0.5) is 5.00 Å². The number of anilines is 1. The first-order valence-corrected chi connectivity index (χ1v) is 7.26. The van der Waals surface area contributed by atoms with Crippen molar-refractivity contribution in [2.45, 2.75) is 0 Å². The quantitative estimate of drug-likeness (QED) is 0.875.